The number of hydrogen-bond acceptors (Lipinski definition) is 4. The van der Waals surface area contributed by atoms with Gasteiger partial charge in [-0.3, -0.25) is 4.57 Å². The van der Waals surface area contributed by atoms with Gasteiger partial charge in [0.2, 0.25) is 7.37 Å². The van der Waals surface area contributed by atoms with Crippen LogP contribution in [0.1, 0.15) is 27.2 Å². The van der Waals surface area contributed by atoms with Gasteiger partial charge in [0.25, 0.3) is 0 Å². The molecule has 0 spiro atoms. The predicted molar refractivity (Wildman–Crippen MR) is 52.5 cm³/mol. The van der Waals surface area contributed by atoms with E-state index in [9.17, 15) is 4.57 Å². The molecule has 2 unspecified atom stereocenters. The Hall–Kier alpha value is -0.210. The lowest BCUT2D eigenvalue weighted by Gasteiger charge is -2.28. The second kappa shape index (κ2) is 3.50. The van der Waals surface area contributed by atoms with Crippen molar-refractivity contribution in [3.05, 3.63) is 0 Å². The highest BCUT2D eigenvalue weighted by atomic mass is 31.2. The van der Waals surface area contributed by atoms with Crippen molar-refractivity contribution in [1.29, 1.82) is 0 Å². The fourth-order valence-corrected chi connectivity index (χ4v) is 3.08. The van der Waals surface area contributed by atoms with Crippen LogP contribution < -0.4 is 0 Å². The molecule has 0 saturated carbocycles. The minimum Gasteiger partial charge on any atom is -0.324 e. The molecule has 0 saturated heterocycles. The lowest BCUT2D eigenvalue weighted by Crippen LogP contribution is -2.22. The zero-order valence-electron chi connectivity index (χ0n) is 8.65. The summed E-state index contributed by atoms with van der Waals surface area (Å²) in [5.74, 6) is 0. The van der Waals surface area contributed by atoms with Gasteiger partial charge in [0.1, 0.15) is 0 Å². The second-order valence-electron chi connectivity index (χ2n) is 3.93. The monoisotopic (exact) mass is 204 g/mol. The largest absolute Gasteiger partial charge is 0.324 e. The average molecular weight is 204 g/mol. The van der Waals surface area contributed by atoms with Gasteiger partial charge < -0.3 is 4.52 Å². The standard InChI is InChI=1S/C8H17N2O2P/c1-7(2)12-13(4,11)8(3)5-6-9-10-8/h7H,5-6H2,1-4H3. The van der Waals surface area contributed by atoms with Crippen LogP contribution in [-0.4, -0.2) is 24.6 Å². The first kappa shape index (κ1) is 10.9. The molecule has 0 fully saturated rings. The molecule has 13 heavy (non-hydrogen) atoms. The summed E-state index contributed by atoms with van der Waals surface area (Å²) >= 11 is 0. The molecule has 1 heterocycles. The minimum absolute atomic E-state index is 0.0246. The molecule has 2 atom stereocenters. The summed E-state index contributed by atoms with van der Waals surface area (Å²) in [7, 11) is -2.67. The third-order valence-electron chi connectivity index (χ3n) is 2.26. The maximum absolute atomic E-state index is 12.2. The van der Waals surface area contributed by atoms with Crippen LogP contribution in [0.25, 0.3) is 0 Å². The fraction of sp³-hybridized carbons (Fsp3) is 1.00. The third-order valence-corrected chi connectivity index (χ3v) is 5.15. The van der Waals surface area contributed by atoms with Crippen LogP contribution in [-0.2, 0) is 9.09 Å². The Labute approximate surface area is 79.2 Å². The highest BCUT2D eigenvalue weighted by Gasteiger charge is 2.44. The zero-order valence-corrected chi connectivity index (χ0v) is 9.54. The zero-order chi connectivity index (χ0) is 10.1. The number of rotatable bonds is 3. The molecule has 0 aromatic heterocycles. The lowest BCUT2D eigenvalue weighted by molar-refractivity contribution is 0.233. The normalized spacial score (nSPS) is 32.4. The van der Waals surface area contributed by atoms with Gasteiger partial charge in [-0.15, -0.1) is 0 Å². The smallest absolute Gasteiger partial charge is 0.228 e. The Kier molecular flexibility index (Phi) is 2.93. The SMILES string of the molecule is CC(C)OP(C)(=O)C1(C)CCN=N1. The van der Waals surface area contributed by atoms with E-state index < -0.39 is 12.6 Å². The van der Waals surface area contributed by atoms with Crippen LogP contribution in [0.3, 0.4) is 0 Å². The lowest BCUT2D eigenvalue weighted by atomic mass is 10.3. The van der Waals surface area contributed by atoms with Crippen molar-refractivity contribution in [2.75, 3.05) is 13.2 Å². The van der Waals surface area contributed by atoms with Crippen molar-refractivity contribution in [3.63, 3.8) is 0 Å². The molecule has 0 N–H and O–H groups in total. The van der Waals surface area contributed by atoms with Gasteiger partial charge in [-0.05, 0) is 20.8 Å². The molecule has 0 radical (unpaired) electrons. The Bertz CT molecular complexity index is 265. The molecule has 1 aliphatic rings. The molecule has 4 nitrogen and oxygen atoms in total. The van der Waals surface area contributed by atoms with E-state index in [1.165, 1.54) is 0 Å². The Morgan fingerprint density at radius 2 is 2.15 bits per heavy atom. The predicted octanol–water partition coefficient (Wildman–Crippen LogP) is 2.89. The van der Waals surface area contributed by atoms with Gasteiger partial charge in [-0.25, -0.2) is 0 Å². The van der Waals surface area contributed by atoms with Gasteiger partial charge in [-0.1, -0.05) is 0 Å². The quantitative estimate of drug-likeness (QED) is 0.663. The van der Waals surface area contributed by atoms with Crippen LogP contribution in [0.2, 0.25) is 0 Å². The summed E-state index contributed by atoms with van der Waals surface area (Å²) < 4.78 is 17.6. The Morgan fingerprint density at radius 3 is 2.54 bits per heavy atom. The summed E-state index contributed by atoms with van der Waals surface area (Å²) in [4.78, 5) is 0. The molecule has 0 aromatic rings. The van der Waals surface area contributed by atoms with E-state index in [-0.39, 0.29) is 6.10 Å². The van der Waals surface area contributed by atoms with Gasteiger partial charge >= 0.3 is 0 Å². The molecular weight excluding hydrogens is 187 g/mol. The van der Waals surface area contributed by atoms with Crippen molar-refractivity contribution in [1.82, 2.24) is 0 Å². The summed E-state index contributed by atoms with van der Waals surface area (Å²) in [6, 6.07) is 0. The van der Waals surface area contributed by atoms with Crippen LogP contribution >= 0.6 is 7.37 Å². The highest BCUT2D eigenvalue weighted by Crippen LogP contribution is 2.60. The van der Waals surface area contributed by atoms with Crippen LogP contribution in [0.15, 0.2) is 10.2 Å². The first-order valence-corrected chi connectivity index (χ1v) is 6.59. The van der Waals surface area contributed by atoms with Crippen molar-refractivity contribution in [2.24, 2.45) is 10.2 Å². The molecule has 1 rings (SSSR count). The van der Waals surface area contributed by atoms with E-state index in [0.717, 1.165) is 6.42 Å². The van der Waals surface area contributed by atoms with Crippen LogP contribution in [0.4, 0.5) is 0 Å². The van der Waals surface area contributed by atoms with Crippen molar-refractivity contribution >= 4 is 7.37 Å². The topological polar surface area (TPSA) is 51.0 Å². The van der Waals surface area contributed by atoms with E-state index in [4.69, 9.17) is 4.52 Å². The van der Waals surface area contributed by atoms with E-state index in [0.29, 0.717) is 6.54 Å². The number of azo groups is 1. The van der Waals surface area contributed by atoms with Crippen LogP contribution in [0, 0.1) is 0 Å². The van der Waals surface area contributed by atoms with E-state index in [2.05, 4.69) is 10.2 Å². The summed E-state index contributed by atoms with van der Waals surface area (Å²) in [5.41, 5.74) is 0. The maximum Gasteiger partial charge on any atom is 0.228 e. The third kappa shape index (κ3) is 2.18. The van der Waals surface area contributed by atoms with Crippen LogP contribution in [0.5, 0.6) is 0 Å². The highest BCUT2D eigenvalue weighted by molar-refractivity contribution is 7.59. The molecule has 0 amide bonds. The van der Waals surface area contributed by atoms with E-state index in [1.54, 1.807) is 6.66 Å². The van der Waals surface area contributed by atoms with Crippen molar-refractivity contribution < 1.29 is 9.09 Å². The van der Waals surface area contributed by atoms with Gasteiger partial charge in [0, 0.05) is 13.1 Å². The molecule has 76 valence electrons. The molecular formula is C8H17N2O2P. The molecule has 0 aromatic carbocycles. The van der Waals surface area contributed by atoms with Gasteiger partial charge in [-0.2, -0.15) is 10.2 Å². The van der Waals surface area contributed by atoms with Gasteiger partial charge in [0.05, 0.1) is 12.6 Å². The minimum atomic E-state index is -2.67. The fourth-order valence-electron chi connectivity index (χ4n) is 1.31. The van der Waals surface area contributed by atoms with Crippen molar-refractivity contribution in [2.45, 2.75) is 38.6 Å². The van der Waals surface area contributed by atoms with E-state index >= 15 is 0 Å². The molecule has 1 aliphatic heterocycles. The summed E-state index contributed by atoms with van der Waals surface area (Å²) in [6.45, 7) is 7.93. The molecule has 0 bridgehead atoms. The Balaban J connectivity index is 2.79. The van der Waals surface area contributed by atoms with Gasteiger partial charge in [0.15, 0.2) is 5.28 Å². The van der Waals surface area contributed by atoms with E-state index in [1.807, 2.05) is 20.8 Å². The van der Waals surface area contributed by atoms with Crippen molar-refractivity contribution in [3.8, 4) is 0 Å². The summed E-state index contributed by atoms with van der Waals surface area (Å²) in [5, 5.41) is 7.33. The first-order chi connectivity index (χ1) is 5.87. The molecule has 5 heteroatoms. The first-order valence-electron chi connectivity index (χ1n) is 4.52. The maximum atomic E-state index is 12.2. The molecule has 0 aliphatic carbocycles. The second-order valence-corrected chi connectivity index (χ2v) is 6.80. The summed E-state index contributed by atoms with van der Waals surface area (Å²) in [6.07, 6.45) is 0.705. The average Bonchev–Trinajstić information content (AvgIpc) is 2.34. The number of nitrogens with zero attached hydrogens (tertiary/aromatic N) is 2. The Morgan fingerprint density at radius 1 is 1.54 bits per heavy atom. The number of hydrogen-bond donors (Lipinski definition) is 0.